The fourth-order valence-corrected chi connectivity index (χ4v) is 4.44. The van der Waals surface area contributed by atoms with Gasteiger partial charge in [-0.3, -0.25) is 0 Å². The van der Waals surface area contributed by atoms with Gasteiger partial charge in [0.25, 0.3) is 0 Å². The van der Waals surface area contributed by atoms with Crippen LogP contribution in [0.15, 0.2) is 16.3 Å². The number of carbonyl (C=O) groups is 1. The van der Waals surface area contributed by atoms with E-state index in [4.69, 9.17) is 5.11 Å². The van der Waals surface area contributed by atoms with E-state index < -0.39 is 16.0 Å². The smallest absolute Gasteiger partial charge is 0.345 e. The number of carboxylic acid groups (broad SMARTS) is 1. The Balaban J connectivity index is 2.27. The summed E-state index contributed by atoms with van der Waals surface area (Å²) in [5.41, 5.74) is 0. The largest absolute Gasteiger partial charge is 0.477 e. The molecule has 7 heteroatoms. The van der Waals surface area contributed by atoms with Crippen molar-refractivity contribution in [2.75, 3.05) is 13.1 Å². The molecule has 1 aromatic heterocycles. The summed E-state index contributed by atoms with van der Waals surface area (Å²) in [7, 11) is -3.49. The summed E-state index contributed by atoms with van der Waals surface area (Å²) in [6.07, 6.45) is 2.79. The first-order chi connectivity index (χ1) is 8.01. The minimum atomic E-state index is -3.49. The molecule has 1 N–H and O–H groups in total. The highest BCUT2D eigenvalue weighted by atomic mass is 32.2. The first-order valence-electron chi connectivity index (χ1n) is 5.34. The van der Waals surface area contributed by atoms with Gasteiger partial charge in [-0.15, -0.1) is 11.3 Å². The summed E-state index contributed by atoms with van der Waals surface area (Å²) < 4.78 is 25.8. The number of sulfonamides is 1. The number of hydrogen-bond acceptors (Lipinski definition) is 4. The third kappa shape index (κ3) is 2.51. The van der Waals surface area contributed by atoms with Crippen molar-refractivity contribution in [3.8, 4) is 0 Å². The molecule has 0 aromatic carbocycles. The van der Waals surface area contributed by atoms with Crippen LogP contribution in [0.25, 0.3) is 0 Å². The van der Waals surface area contributed by atoms with Crippen LogP contribution in [0, 0.1) is 0 Å². The number of piperidine rings is 1. The topological polar surface area (TPSA) is 74.7 Å². The van der Waals surface area contributed by atoms with Gasteiger partial charge in [-0.2, -0.15) is 4.31 Å². The van der Waals surface area contributed by atoms with Gasteiger partial charge in [-0.05, 0) is 18.9 Å². The molecule has 0 bridgehead atoms. The maximum atomic E-state index is 12.2. The van der Waals surface area contributed by atoms with Crippen molar-refractivity contribution in [2.45, 2.75) is 24.2 Å². The molecule has 0 spiro atoms. The number of hydrogen-bond donors (Lipinski definition) is 1. The second kappa shape index (κ2) is 4.75. The first kappa shape index (κ1) is 12.5. The molecule has 1 fully saturated rings. The molecule has 5 nitrogen and oxygen atoms in total. The highest BCUT2D eigenvalue weighted by molar-refractivity contribution is 7.89. The predicted octanol–water partition coefficient (Wildman–Crippen LogP) is 1.62. The summed E-state index contributed by atoms with van der Waals surface area (Å²) in [6, 6.07) is 1.23. The van der Waals surface area contributed by atoms with E-state index in [1.54, 1.807) is 0 Å². The molecule has 1 saturated heterocycles. The van der Waals surface area contributed by atoms with E-state index in [0.717, 1.165) is 30.6 Å². The Kier molecular flexibility index (Phi) is 3.50. The monoisotopic (exact) mass is 275 g/mol. The summed E-state index contributed by atoms with van der Waals surface area (Å²) >= 11 is 0.943. The van der Waals surface area contributed by atoms with E-state index in [0.29, 0.717) is 13.1 Å². The first-order valence-corrected chi connectivity index (χ1v) is 7.66. The second-order valence-corrected chi connectivity index (χ2v) is 6.77. The Labute approximate surface area is 104 Å². The molecule has 2 heterocycles. The maximum absolute atomic E-state index is 12.2. The van der Waals surface area contributed by atoms with E-state index in [2.05, 4.69) is 0 Å². The highest BCUT2D eigenvalue weighted by Crippen LogP contribution is 2.24. The highest BCUT2D eigenvalue weighted by Gasteiger charge is 2.27. The molecule has 1 aromatic rings. The molecule has 94 valence electrons. The lowest BCUT2D eigenvalue weighted by atomic mass is 10.2. The van der Waals surface area contributed by atoms with Crippen LogP contribution in [0.1, 0.15) is 28.9 Å². The van der Waals surface area contributed by atoms with Crippen LogP contribution in [0.5, 0.6) is 0 Å². The Bertz CT molecular complexity index is 514. The quantitative estimate of drug-likeness (QED) is 0.909. The van der Waals surface area contributed by atoms with E-state index in [1.165, 1.54) is 15.8 Å². The van der Waals surface area contributed by atoms with Crippen molar-refractivity contribution in [1.82, 2.24) is 4.31 Å². The van der Waals surface area contributed by atoms with Crippen LogP contribution in [0.2, 0.25) is 0 Å². The van der Waals surface area contributed by atoms with Crippen molar-refractivity contribution in [1.29, 1.82) is 0 Å². The van der Waals surface area contributed by atoms with Crippen LogP contribution in [0.3, 0.4) is 0 Å². The molecule has 17 heavy (non-hydrogen) atoms. The molecule has 0 unspecified atom stereocenters. The van der Waals surface area contributed by atoms with Gasteiger partial charge in [0.1, 0.15) is 4.88 Å². The molecule has 0 aliphatic carbocycles. The zero-order valence-corrected chi connectivity index (χ0v) is 10.8. The zero-order chi connectivity index (χ0) is 12.5. The van der Waals surface area contributed by atoms with Crippen molar-refractivity contribution < 1.29 is 18.3 Å². The fraction of sp³-hybridized carbons (Fsp3) is 0.500. The fourth-order valence-electron chi connectivity index (χ4n) is 1.82. The van der Waals surface area contributed by atoms with E-state index >= 15 is 0 Å². The third-order valence-corrected chi connectivity index (χ3v) is 5.68. The zero-order valence-electron chi connectivity index (χ0n) is 9.13. The second-order valence-electron chi connectivity index (χ2n) is 3.92. The minimum absolute atomic E-state index is 0.0561. The van der Waals surface area contributed by atoms with Gasteiger partial charge in [0.05, 0.1) is 4.90 Å². The Morgan fingerprint density at radius 2 is 1.94 bits per heavy atom. The van der Waals surface area contributed by atoms with E-state index in [-0.39, 0.29) is 9.77 Å². The molecular formula is C10H13NO4S2. The normalized spacial score (nSPS) is 18.1. The average Bonchev–Trinajstić information content (AvgIpc) is 2.80. The van der Waals surface area contributed by atoms with Gasteiger partial charge in [0.2, 0.25) is 10.0 Å². The van der Waals surface area contributed by atoms with Crippen molar-refractivity contribution >= 4 is 27.3 Å². The van der Waals surface area contributed by atoms with Crippen LogP contribution in [-0.4, -0.2) is 36.9 Å². The number of thiophene rings is 1. The summed E-state index contributed by atoms with van der Waals surface area (Å²) in [5.74, 6) is -1.09. The number of carboxylic acids is 1. The van der Waals surface area contributed by atoms with Crippen LogP contribution >= 0.6 is 11.3 Å². The maximum Gasteiger partial charge on any atom is 0.345 e. The number of aromatic carboxylic acids is 1. The Morgan fingerprint density at radius 1 is 1.29 bits per heavy atom. The lowest BCUT2D eigenvalue weighted by Crippen LogP contribution is -2.35. The van der Waals surface area contributed by atoms with Crippen molar-refractivity contribution in [3.63, 3.8) is 0 Å². The van der Waals surface area contributed by atoms with Crippen molar-refractivity contribution in [2.24, 2.45) is 0 Å². The van der Waals surface area contributed by atoms with Crippen LogP contribution in [0.4, 0.5) is 0 Å². The van der Waals surface area contributed by atoms with Gasteiger partial charge < -0.3 is 5.11 Å². The summed E-state index contributed by atoms with van der Waals surface area (Å²) in [6.45, 7) is 1.06. The number of rotatable bonds is 3. The molecule has 0 atom stereocenters. The minimum Gasteiger partial charge on any atom is -0.477 e. The Morgan fingerprint density at radius 3 is 2.47 bits per heavy atom. The Hall–Kier alpha value is -0.920. The lowest BCUT2D eigenvalue weighted by molar-refractivity contribution is 0.0702. The molecule has 0 amide bonds. The molecule has 0 saturated carbocycles. The SMILES string of the molecule is O=C(O)c1cc(S(=O)(=O)N2CCCCC2)cs1. The van der Waals surface area contributed by atoms with Crippen LogP contribution in [-0.2, 0) is 10.0 Å². The average molecular weight is 275 g/mol. The summed E-state index contributed by atoms with van der Waals surface area (Å²) in [5, 5.41) is 10.2. The standard InChI is InChI=1S/C10H13NO4S2/c12-10(13)9-6-8(7-16-9)17(14,15)11-4-2-1-3-5-11/h6-7H,1-5H2,(H,12,13). The molecular weight excluding hydrogens is 262 g/mol. The molecule has 0 radical (unpaired) electrons. The number of nitrogens with zero attached hydrogens (tertiary/aromatic N) is 1. The third-order valence-electron chi connectivity index (χ3n) is 2.74. The molecule has 1 aliphatic heterocycles. The van der Waals surface area contributed by atoms with E-state index in [1.807, 2.05) is 0 Å². The van der Waals surface area contributed by atoms with Gasteiger partial charge in [0.15, 0.2) is 0 Å². The lowest BCUT2D eigenvalue weighted by Gasteiger charge is -2.25. The van der Waals surface area contributed by atoms with Crippen LogP contribution < -0.4 is 0 Å². The summed E-state index contributed by atoms with van der Waals surface area (Å²) in [4.78, 5) is 10.9. The van der Waals surface area contributed by atoms with Gasteiger partial charge in [-0.25, -0.2) is 13.2 Å². The van der Waals surface area contributed by atoms with Gasteiger partial charge in [-0.1, -0.05) is 6.42 Å². The van der Waals surface area contributed by atoms with Gasteiger partial charge in [0, 0.05) is 18.5 Å². The van der Waals surface area contributed by atoms with Crippen molar-refractivity contribution in [3.05, 3.63) is 16.3 Å². The predicted molar refractivity (Wildman–Crippen MR) is 63.9 cm³/mol. The molecule has 2 rings (SSSR count). The van der Waals surface area contributed by atoms with E-state index in [9.17, 15) is 13.2 Å². The van der Waals surface area contributed by atoms with Gasteiger partial charge >= 0.3 is 5.97 Å². The molecule has 1 aliphatic rings.